The van der Waals surface area contributed by atoms with Crippen molar-refractivity contribution in [1.82, 2.24) is 19.9 Å². The number of nitrogens with zero attached hydrogens (tertiary/aromatic N) is 3. The van der Waals surface area contributed by atoms with Gasteiger partial charge in [-0.1, -0.05) is 26.7 Å². The van der Waals surface area contributed by atoms with Crippen LogP contribution in [0.3, 0.4) is 0 Å². The molecule has 2 aromatic rings. The van der Waals surface area contributed by atoms with Crippen molar-refractivity contribution in [2.75, 3.05) is 12.3 Å². The van der Waals surface area contributed by atoms with E-state index in [-0.39, 0.29) is 17.0 Å². The zero-order valence-corrected chi connectivity index (χ0v) is 15.0. The molecule has 0 saturated carbocycles. The largest absolute Gasteiger partial charge is 0.507 e. The van der Waals surface area contributed by atoms with E-state index in [1.807, 2.05) is 0 Å². The average Bonchev–Trinajstić information content (AvgIpc) is 3.06. The highest BCUT2D eigenvalue weighted by molar-refractivity contribution is 7.99. The molecule has 2 heterocycles. The van der Waals surface area contributed by atoms with Gasteiger partial charge in [0.1, 0.15) is 29.2 Å². The molecule has 0 aliphatic rings. The number of carbonyl (C=O) groups is 2. The Labute approximate surface area is 149 Å². The van der Waals surface area contributed by atoms with Gasteiger partial charge in [-0.05, 0) is 18.1 Å². The molecule has 2 aromatic heterocycles. The Morgan fingerprint density at radius 2 is 2.08 bits per heavy atom. The second kappa shape index (κ2) is 8.70. The highest BCUT2D eigenvalue weighted by Crippen LogP contribution is 2.30. The van der Waals surface area contributed by atoms with E-state index in [0.29, 0.717) is 10.9 Å². The fourth-order valence-electron chi connectivity index (χ4n) is 2.53. The van der Waals surface area contributed by atoms with Crippen LogP contribution >= 0.6 is 11.8 Å². The molecule has 9 heteroatoms. The molecule has 0 fully saturated rings. The van der Waals surface area contributed by atoms with E-state index in [9.17, 15) is 14.7 Å². The van der Waals surface area contributed by atoms with Crippen molar-refractivity contribution >= 4 is 29.3 Å². The first-order chi connectivity index (χ1) is 12.0. The highest BCUT2D eigenvalue weighted by Gasteiger charge is 2.21. The smallest absolute Gasteiger partial charge is 0.322 e. The minimum atomic E-state index is -1.17. The lowest BCUT2D eigenvalue weighted by Gasteiger charge is -2.13. The van der Waals surface area contributed by atoms with Crippen molar-refractivity contribution in [2.45, 2.75) is 38.1 Å². The molecule has 1 amide bonds. The maximum absolute atomic E-state index is 12.2. The third kappa shape index (κ3) is 4.62. The second-order valence-corrected chi connectivity index (χ2v) is 6.75. The molecule has 25 heavy (non-hydrogen) atoms. The SMILES string of the molecule is CCC(CC)CCSc1cc(O)c(C(=O)NCC(=O)O)c2ncnn12. The lowest BCUT2D eigenvalue weighted by molar-refractivity contribution is -0.135. The molecule has 0 atom stereocenters. The maximum atomic E-state index is 12.2. The number of pyridine rings is 1. The average molecular weight is 366 g/mol. The first kappa shape index (κ1) is 19.0. The second-order valence-electron chi connectivity index (χ2n) is 5.63. The van der Waals surface area contributed by atoms with Gasteiger partial charge in [0.05, 0.1) is 0 Å². The lowest BCUT2D eigenvalue weighted by atomic mass is 10.0. The number of nitrogens with one attached hydrogen (secondary N) is 1. The number of thioether (sulfide) groups is 1. The van der Waals surface area contributed by atoms with E-state index in [4.69, 9.17) is 5.11 Å². The van der Waals surface area contributed by atoms with Gasteiger partial charge in [0.25, 0.3) is 5.91 Å². The summed E-state index contributed by atoms with van der Waals surface area (Å²) in [5.41, 5.74) is 0.121. The molecule has 0 unspecified atom stereocenters. The van der Waals surface area contributed by atoms with Crippen LogP contribution in [0.1, 0.15) is 43.5 Å². The Hall–Kier alpha value is -2.29. The van der Waals surface area contributed by atoms with Crippen molar-refractivity contribution in [3.8, 4) is 5.75 Å². The summed E-state index contributed by atoms with van der Waals surface area (Å²) in [6.07, 6.45) is 4.61. The van der Waals surface area contributed by atoms with Gasteiger partial charge in [-0.15, -0.1) is 11.8 Å². The summed E-state index contributed by atoms with van der Waals surface area (Å²) >= 11 is 1.54. The topological polar surface area (TPSA) is 117 Å². The van der Waals surface area contributed by atoms with Crippen LogP contribution in [-0.4, -0.2) is 49.0 Å². The maximum Gasteiger partial charge on any atom is 0.322 e. The number of hydrogen-bond donors (Lipinski definition) is 3. The fraction of sp³-hybridized carbons (Fsp3) is 0.500. The van der Waals surface area contributed by atoms with Gasteiger partial charge in [-0.25, -0.2) is 9.50 Å². The minimum Gasteiger partial charge on any atom is -0.507 e. The van der Waals surface area contributed by atoms with Gasteiger partial charge in [0, 0.05) is 6.07 Å². The summed E-state index contributed by atoms with van der Waals surface area (Å²) in [5, 5.41) is 25.9. The number of aromatic nitrogens is 3. The number of carboxylic acids is 1. The first-order valence-corrected chi connectivity index (χ1v) is 9.14. The van der Waals surface area contributed by atoms with Crippen LogP contribution in [0.4, 0.5) is 0 Å². The van der Waals surface area contributed by atoms with E-state index in [1.54, 1.807) is 11.8 Å². The summed E-state index contributed by atoms with van der Waals surface area (Å²) in [4.78, 5) is 26.8. The van der Waals surface area contributed by atoms with Crippen molar-refractivity contribution in [3.05, 3.63) is 18.0 Å². The van der Waals surface area contributed by atoms with Crippen LogP contribution in [0.5, 0.6) is 5.75 Å². The van der Waals surface area contributed by atoms with E-state index in [0.717, 1.165) is 25.0 Å². The molecule has 0 aliphatic carbocycles. The number of amides is 1. The summed E-state index contributed by atoms with van der Waals surface area (Å²) in [6, 6.07) is 1.47. The Morgan fingerprint density at radius 3 is 2.72 bits per heavy atom. The zero-order chi connectivity index (χ0) is 18.4. The standard InChI is InChI=1S/C16H22N4O4S/c1-3-10(4-2)5-6-25-12-7-11(21)14(15-18-9-19-20(12)15)16(24)17-8-13(22)23/h7,9-10,21H,3-6,8H2,1-2H3,(H,17,24)(H,22,23). The molecule has 0 spiro atoms. The molecular weight excluding hydrogens is 344 g/mol. The molecule has 0 aliphatic heterocycles. The molecular formula is C16H22N4O4S. The fourth-order valence-corrected chi connectivity index (χ4v) is 3.64. The van der Waals surface area contributed by atoms with Crippen molar-refractivity contribution < 1.29 is 19.8 Å². The van der Waals surface area contributed by atoms with E-state index >= 15 is 0 Å². The number of hydrogen-bond acceptors (Lipinski definition) is 6. The summed E-state index contributed by atoms with van der Waals surface area (Å²) in [7, 11) is 0. The third-order valence-corrected chi connectivity index (χ3v) is 5.08. The molecule has 8 nitrogen and oxygen atoms in total. The van der Waals surface area contributed by atoms with Crippen LogP contribution in [0.2, 0.25) is 0 Å². The third-order valence-electron chi connectivity index (χ3n) is 4.05. The molecule has 0 saturated heterocycles. The van der Waals surface area contributed by atoms with Crippen LogP contribution in [0.15, 0.2) is 17.4 Å². The lowest BCUT2D eigenvalue weighted by Crippen LogP contribution is -2.29. The zero-order valence-electron chi connectivity index (χ0n) is 14.2. The quantitative estimate of drug-likeness (QED) is 0.582. The van der Waals surface area contributed by atoms with Crippen molar-refractivity contribution in [1.29, 1.82) is 0 Å². The van der Waals surface area contributed by atoms with E-state index < -0.39 is 18.4 Å². The normalized spacial score (nSPS) is 11.2. The predicted molar refractivity (Wildman–Crippen MR) is 94.0 cm³/mol. The number of aliphatic carboxylic acids is 1. The van der Waals surface area contributed by atoms with Gasteiger partial charge in [0.15, 0.2) is 5.65 Å². The summed E-state index contributed by atoms with van der Waals surface area (Å²) in [6.45, 7) is 3.81. The number of fused-ring (bicyclic) bond motifs is 1. The molecule has 2 rings (SSSR count). The number of carbonyl (C=O) groups excluding carboxylic acids is 1. The van der Waals surface area contributed by atoms with Gasteiger partial charge >= 0.3 is 5.97 Å². The van der Waals surface area contributed by atoms with Crippen LogP contribution < -0.4 is 5.32 Å². The van der Waals surface area contributed by atoms with E-state index in [2.05, 4.69) is 29.2 Å². The number of rotatable bonds is 9. The number of aromatic hydroxyl groups is 1. The molecule has 136 valence electrons. The molecule has 0 radical (unpaired) electrons. The summed E-state index contributed by atoms with van der Waals surface area (Å²) in [5.74, 6) is -0.585. The molecule has 0 aromatic carbocycles. The highest BCUT2D eigenvalue weighted by atomic mass is 32.2. The van der Waals surface area contributed by atoms with Crippen LogP contribution in [0, 0.1) is 5.92 Å². The van der Waals surface area contributed by atoms with Gasteiger partial charge < -0.3 is 15.5 Å². The van der Waals surface area contributed by atoms with Crippen molar-refractivity contribution in [3.63, 3.8) is 0 Å². The Kier molecular flexibility index (Phi) is 6.63. The van der Waals surface area contributed by atoms with Gasteiger partial charge in [-0.3, -0.25) is 9.59 Å². The minimum absolute atomic E-state index is 0.0805. The first-order valence-electron chi connectivity index (χ1n) is 8.16. The molecule has 0 bridgehead atoms. The predicted octanol–water partition coefficient (Wildman–Crippen LogP) is 2.17. The van der Waals surface area contributed by atoms with Gasteiger partial charge in [-0.2, -0.15) is 5.10 Å². The monoisotopic (exact) mass is 366 g/mol. The Balaban J connectivity index is 2.22. The van der Waals surface area contributed by atoms with Crippen LogP contribution in [-0.2, 0) is 4.79 Å². The van der Waals surface area contributed by atoms with E-state index in [1.165, 1.54) is 16.9 Å². The Bertz CT molecular complexity index is 758. The molecule has 3 N–H and O–H groups in total. The van der Waals surface area contributed by atoms with Crippen molar-refractivity contribution in [2.24, 2.45) is 5.92 Å². The Morgan fingerprint density at radius 1 is 1.36 bits per heavy atom. The van der Waals surface area contributed by atoms with Crippen LogP contribution in [0.25, 0.3) is 5.65 Å². The number of carboxylic acid groups (broad SMARTS) is 1. The summed E-state index contributed by atoms with van der Waals surface area (Å²) < 4.78 is 1.49. The van der Waals surface area contributed by atoms with Gasteiger partial charge in [0.2, 0.25) is 0 Å².